The molecule has 0 unspecified atom stereocenters. The Hall–Kier alpha value is -3.18. The van der Waals surface area contributed by atoms with Crippen LogP contribution in [0.2, 0.25) is 0 Å². The van der Waals surface area contributed by atoms with Gasteiger partial charge in [0.2, 0.25) is 0 Å². The monoisotopic (exact) mass is 368 g/mol. The Bertz CT molecular complexity index is 1020. The molecule has 1 aliphatic heterocycles. The average molecular weight is 368 g/mol. The van der Waals surface area contributed by atoms with Gasteiger partial charge < -0.3 is 5.32 Å². The lowest BCUT2D eigenvalue weighted by Gasteiger charge is -2.10. The zero-order valence-corrected chi connectivity index (χ0v) is 14.6. The van der Waals surface area contributed by atoms with Gasteiger partial charge in [-0.15, -0.1) is 0 Å². The first-order valence-electron chi connectivity index (χ1n) is 7.96. The van der Waals surface area contributed by atoms with Crippen molar-refractivity contribution >= 4 is 27.5 Å². The lowest BCUT2D eigenvalue weighted by Crippen LogP contribution is -2.29. The van der Waals surface area contributed by atoms with E-state index in [-0.39, 0.29) is 4.90 Å². The smallest absolute Gasteiger partial charge is 0.262 e. The maximum absolute atomic E-state index is 12.4. The fraction of sp³-hybridized carbons (Fsp3) is 0.167. The molecule has 3 rings (SSSR count). The van der Waals surface area contributed by atoms with E-state index in [9.17, 15) is 13.2 Å². The van der Waals surface area contributed by atoms with E-state index in [1.165, 1.54) is 18.2 Å². The molecule has 7 nitrogen and oxygen atoms in total. The summed E-state index contributed by atoms with van der Waals surface area (Å²) in [7, 11) is -3.75. The van der Waals surface area contributed by atoms with E-state index in [2.05, 4.69) is 15.0 Å². The van der Waals surface area contributed by atoms with E-state index >= 15 is 0 Å². The highest BCUT2D eigenvalue weighted by molar-refractivity contribution is 7.90. The lowest BCUT2D eigenvalue weighted by molar-refractivity contribution is 0.102. The van der Waals surface area contributed by atoms with Crippen LogP contribution in [-0.2, 0) is 10.0 Å². The molecule has 1 aliphatic rings. The first-order valence-corrected chi connectivity index (χ1v) is 9.44. The molecule has 0 radical (unpaired) electrons. The van der Waals surface area contributed by atoms with Crippen LogP contribution in [-0.4, -0.2) is 26.7 Å². The second-order valence-corrected chi connectivity index (χ2v) is 7.39. The van der Waals surface area contributed by atoms with Crippen LogP contribution in [0.3, 0.4) is 0 Å². The molecule has 0 aliphatic carbocycles. The molecule has 0 bridgehead atoms. The minimum atomic E-state index is -3.75. The van der Waals surface area contributed by atoms with E-state index in [0.717, 1.165) is 6.42 Å². The second-order valence-electron chi connectivity index (χ2n) is 5.71. The summed E-state index contributed by atoms with van der Waals surface area (Å²) in [6.07, 6.45) is 1.43. The van der Waals surface area contributed by atoms with Gasteiger partial charge in [-0.3, -0.25) is 14.5 Å². The normalized spacial score (nSPS) is 13.6. The maximum Gasteiger partial charge on any atom is 0.262 e. The molecule has 0 atom stereocenters. The highest BCUT2D eigenvalue weighted by atomic mass is 32.2. The van der Waals surface area contributed by atoms with Crippen molar-refractivity contribution < 1.29 is 13.2 Å². The van der Waals surface area contributed by atoms with Crippen LogP contribution < -0.4 is 10.0 Å². The van der Waals surface area contributed by atoms with Crippen LogP contribution in [0.4, 0.5) is 5.69 Å². The van der Waals surface area contributed by atoms with Crippen molar-refractivity contribution in [1.82, 2.24) is 4.72 Å². The molecular formula is C18H16N4O3S. The van der Waals surface area contributed by atoms with Gasteiger partial charge in [0.25, 0.3) is 15.9 Å². The minimum absolute atomic E-state index is 0.0377. The van der Waals surface area contributed by atoms with Crippen molar-refractivity contribution in [2.45, 2.75) is 17.7 Å². The average Bonchev–Trinajstić information content (AvgIpc) is 3.14. The molecule has 2 aromatic carbocycles. The van der Waals surface area contributed by atoms with Crippen LogP contribution in [0, 0.1) is 11.3 Å². The quantitative estimate of drug-likeness (QED) is 0.862. The summed E-state index contributed by atoms with van der Waals surface area (Å²) in [6.45, 7) is 0.621. The molecule has 132 valence electrons. The van der Waals surface area contributed by atoms with Crippen LogP contribution in [0.1, 0.15) is 28.8 Å². The number of aliphatic imine (C=N–C) groups is 1. The van der Waals surface area contributed by atoms with Gasteiger partial charge in [-0.25, -0.2) is 8.42 Å². The minimum Gasteiger partial charge on any atom is -0.322 e. The third-order valence-corrected chi connectivity index (χ3v) is 5.16. The number of nitriles is 1. The first-order chi connectivity index (χ1) is 12.5. The number of nitrogens with one attached hydrogen (secondary N) is 2. The molecule has 1 amide bonds. The summed E-state index contributed by atoms with van der Waals surface area (Å²) in [5.74, 6) is 0.0255. The molecule has 0 saturated carbocycles. The number of rotatable bonds is 4. The van der Waals surface area contributed by atoms with Gasteiger partial charge in [-0.05, 0) is 42.8 Å². The van der Waals surface area contributed by atoms with Gasteiger partial charge in [-0.1, -0.05) is 12.1 Å². The van der Waals surface area contributed by atoms with Crippen LogP contribution in [0.5, 0.6) is 0 Å². The van der Waals surface area contributed by atoms with Crippen molar-refractivity contribution in [3.63, 3.8) is 0 Å². The summed E-state index contributed by atoms with van der Waals surface area (Å²) in [5, 5.41) is 11.6. The summed E-state index contributed by atoms with van der Waals surface area (Å²) < 4.78 is 27.4. The molecule has 0 fully saturated rings. The number of nitrogens with zero attached hydrogens (tertiary/aromatic N) is 2. The topological polar surface area (TPSA) is 111 Å². The summed E-state index contributed by atoms with van der Waals surface area (Å²) in [6, 6.07) is 14.2. The zero-order chi connectivity index (χ0) is 18.6. The number of amidine groups is 1. The Balaban J connectivity index is 1.78. The fourth-order valence-electron chi connectivity index (χ4n) is 2.51. The Kier molecular flexibility index (Phi) is 5.00. The molecule has 2 aromatic rings. The van der Waals surface area contributed by atoms with Gasteiger partial charge in [0, 0.05) is 24.2 Å². The van der Waals surface area contributed by atoms with Crippen LogP contribution in [0.25, 0.3) is 0 Å². The van der Waals surface area contributed by atoms with Crippen molar-refractivity contribution in [3.8, 4) is 6.07 Å². The Morgan fingerprint density at radius 1 is 1.15 bits per heavy atom. The molecule has 8 heteroatoms. The van der Waals surface area contributed by atoms with E-state index in [4.69, 9.17) is 5.26 Å². The number of benzene rings is 2. The predicted molar refractivity (Wildman–Crippen MR) is 97.4 cm³/mol. The molecule has 0 spiro atoms. The SMILES string of the molecule is N#Cc1cccc(C(=O)Nc2cccc(S(=O)(=O)NC3=NCCC3)c2)c1. The van der Waals surface area contributed by atoms with Crippen LogP contribution in [0.15, 0.2) is 58.4 Å². The molecular weight excluding hydrogens is 352 g/mol. The van der Waals surface area contributed by atoms with Crippen molar-refractivity contribution in [1.29, 1.82) is 5.26 Å². The van der Waals surface area contributed by atoms with Gasteiger partial charge >= 0.3 is 0 Å². The number of hydrogen-bond acceptors (Lipinski definition) is 5. The van der Waals surface area contributed by atoms with E-state index < -0.39 is 15.9 Å². The second kappa shape index (κ2) is 7.37. The molecule has 2 N–H and O–H groups in total. The predicted octanol–water partition coefficient (Wildman–Crippen LogP) is 2.28. The van der Waals surface area contributed by atoms with Gasteiger partial charge in [0.05, 0.1) is 16.5 Å². The van der Waals surface area contributed by atoms with Crippen molar-refractivity contribution in [3.05, 3.63) is 59.7 Å². The summed E-state index contributed by atoms with van der Waals surface area (Å²) >= 11 is 0. The summed E-state index contributed by atoms with van der Waals surface area (Å²) in [5.41, 5.74) is 1.03. The third kappa shape index (κ3) is 4.07. The number of carbonyl (C=O) groups excluding carboxylic acids is 1. The number of hydrogen-bond donors (Lipinski definition) is 2. The lowest BCUT2D eigenvalue weighted by atomic mass is 10.1. The highest BCUT2D eigenvalue weighted by Crippen LogP contribution is 2.17. The number of anilines is 1. The fourth-order valence-corrected chi connectivity index (χ4v) is 3.65. The van der Waals surface area contributed by atoms with E-state index in [1.807, 2.05) is 6.07 Å². The maximum atomic E-state index is 12.4. The van der Waals surface area contributed by atoms with Crippen molar-refractivity contribution in [2.75, 3.05) is 11.9 Å². The largest absolute Gasteiger partial charge is 0.322 e. The molecule has 0 aromatic heterocycles. The van der Waals surface area contributed by atoms with Gasteiger partial charge in [0.15, 0.2) is 0 Å². The first kappa shape index (κ1) is 17.6. The zero-order valence-electron chi connectivity index (χ0n) is 13.8. The van der Waals surface area contributed by atoms with E-state index in [1.54, 1.807) is 30.3 Å². The Labute approximate surface area is 151 Å². The molecule has 0 saturated heterocycles. The van der Waals surface area contributed by atoms with Gasteiger partial charge in [-0.2, -0.15) is 5.26 Å². The number of carbonyl (C=O) groups is 1. The van der Waals surface area contributed by atoms with Crippen molar-refractivity contribution in [2.24, 2.45) is 4.99 Å². The Morgan fingerprint density at radius 3 is 2.69 bits per heavy atom. The molecule has 26 heavy (non-hydrogen) atoms. The van der Waals surface area contributed by atoms with Gasteiger partial charge in [0.1, 0.15) is 5.84 Å². The third-order valence-electron chi connectivity index (χ3n) is 3.78. The van der Waals surface area contributed by atoms with E-state index in [0.29, 0.717) is 35.6 Å². The number of sulfonamides is 1. The van der Waals surface area contributed by atoms with Crippen LogP contribution >= 0.6 is 0 Å². The Morgan fingerprint density at radius 2 is 1.96 bits per heavy atom. The number of amides is 1. The summed E-state index contributed by atoms with van der Waals surface area (Å²) in [4.78, 5) is 16.5. The molecule has 1 heterocycles. The standard InChI is InChI=1S/C18H16N4O3S/c19-12-13-4-1-5-14(10-13)18(23)21-15-6-2-7-16(11-15)26(24,25)22-17-8-3-9-20-17/h1-2,4-7,10-11H,3,8-9H2,(H,20,22)(H,21,23). The highest BCUT2D eigenvalue weighted by Gasteiger charge is 2.19.